The third kappa shape index (κ3) is 3.94. The van der Waals surface area contributed by atoms with Gasteiger partial charge in [0, 0.05) is 23.3 Å². The average Bonchev–Trinajstić information content (AvgIpc) is 3.40. The van der Waals surface area contributed by atoms with Crippen molar-refractivity contribution in [2.24, 2.45) is 0 Å². The Labute approximate surface area is 166 Å². The number of carbonyl (C=O) groups excluding carboxylic acids is 2. The van der Waals surface area contributed by atoms with Gasteiger partial charge in [0.25, 0.3) is 5.69 Å². The van der Waals surface area contributed by atoms with E-state index in [0.717, 1.165) is 19.3 Å². The van der Waals surface area contributed by atoms with Gasteiger partial charge in [-0.25, -0.2) is 4.79 Å². The van der Waals surface area contributed by atoms with E-state index in [2.05, 4.69) is 0 Å². The number of esters is 1. The number of aryl methyl sites for hydroxylation is 2. The molecule has 1 heterocycles. The first-order valence-electron chi connectivity index (χ1n) is 9.18. The molecule has 0 atom stereocenters. The van der Waals surface area contributed by atoms with Crippen LogP contribution in [-0.2, 0) is 17.6 Å². The number of ether oxygens (including phenoxy) is 1. The molecule has 1 aliphatic carbocycles. The summed E-state index contributed by atoms with van der Waals surface area (Å²) in [5.74, 6) is -0.681. The molecule has 0 aliphatic heterocycles. The molecule has 0 saturated heterocycles. The van der Waals surface area contributed by atoms with E-state index in [1.54, 1.807) is 12.1 Å². The van der Waals surface area contributed by atoms with Gasteiger partial charge in [0.15, 0.2) is 12.4 Å². The highest BCUT2D eigenvalue weighted by Crippen LogP contribution is 2.25. The number of hydrogen-bond acceptors (Lipinski definition) is 6. The van der Waals surface area contributed by atoms with Crippen LogP contribution in [0.1, 0.15) is 38.5 Å². The lowest BCUT2D eigenvalue weighted by Crippen LogP contribution is -2.14. The Morgan fingerprint density at radius 2 is 1.76 bits per heavy atom. The molecule has 1 aromatic heterocycles. The summed E-state index contributed by atoms with van der Waals surface area (Å²) >= 11 is 0. The van der Waals surface area contributed by atoms with E-state index >= 15 is 0 Å². The zero-order valence-electron chi connectivity index (χ0n) is 15.4. The number of furan rings is 1. The number of nitro benzene ring substituents is 1. The van der Waals surface area contributed by atoms with Crippen molar-refractivity contribution in [3.8, 4) is 11.3 Å². The van der Waals surface area contributed by atoms with E-state index in [4.69, 9.17) is 9.15 Å². The first kappa shape index (κ1) is 18.6. The molecule has 0 saturated carbocycles. The molecule has 1 aliphatic rings. The van der Waals surface area contributed by atoms with Gasteiger partial charge in [-0.15, -0.1) is 0 Å². The van der Waals surface area contributed by atoms with Crippen molar-refractivity contribution < 1.29 is 23.7 Å². The number of Topliss-reactive ketones (excluding diaryl/α,β-unsaturated/α-hetero) is 1. The maximum Gasteiger partial charge on any atom is 0.374 e. The van der Waals surface area contributed by atoms with Crippen molar-refractivity contribution in [2.75, 3.05) is 6.61 Å². The second-order valence-electron chi connectivity index (χ2n) is 6.80. The van der Waals surface area contributed by atoms with Gasteiger partial charge in [0.05, 0.1) is 4.92 Å². The number of benzene rings is 2. The fourth-order valence-corrected chi connectivity index (χ4v) is 3.38. The Morgan fingerprint density at radius 1 is 1.00 bits per heavy atom. The molecule has 0 bridgehead atoms. The second kappa shape index (κ2) is 7.71. The van der Waals surface area contributed by atoms with Gasteiger partial charge >= 0.3 is 5.97 Å². The molecule has 0 radical (unpaired) electrons. The Kier molecular flexibility index (Phi) is 4.95. The van der Waals surface area contributed by atoms with E-state index in [-0.39, 0.29) is 23.8 Å². The lowest BCUT2D eigenvalue weighted by molar-refractivity contribution is -0.384. The smallest absolute Gasteiger partial charge is 0.374 e. The fourth-order valence-electron chi connectivity index (χ4n) is 3.38. The van der Waals surface area contributed by atoms with Crippen LogP contribution in [0.2, 0.25) is 0 Å². The number of nitro groups is 1. The molecule has 0 N–H and O–H groups in total. The third-order valence-electron chi connectivity index (χ3n) is 4.92. The highest BCUT2D eigenvalue weighted by atomic mass is 16.6. The van der Waals surface area contributed by atoms with Crippen molar-refractivity contribution >= 4 is 17.4 Å². The zero-order valence-corrected chi connectivity index (χ0v) is 15.4. The number of hydrogen-bond donors (Lipinski definition) is 0. The van der Waals surface area contributed by atoms with E-state index in [1.807, 2.05) is 12.1 Å². The minimum atomic E-state index is -0.743. The van der Waals surface area contributed by atoms with Crippen molar-refractivity contribution in [3.63, 3.8) is 0 Å². The van der Waals surface area contributed by atoms with Gasteiger partial charge in [0.2, 0.25) is 5.76 Å². The molecule has 0 unspecified atom stereocenters. The highest BCUT2D eigenvalue weighted by Gasteiger charge is 2.18. The molecule has 0 fully saturated rings. The summed E-state index contributed by atoms with van der Waals surface area (Å²) in [4.78, 5) is 34.8. The maximum atomic E-state index is 12.3. The summed E-state index contributed by atoms with van der Waals surface area (Å²) in [7, 11) is 0. The summed E-state index contributed by atoms with van der Waals surface area (Å²) < 4.78 is 10.6. The lowest BCUT2D eigenvalue weighted by Gasteiger charge is -2.05. The van der Waals surface area contributed by atoms with Crippen LogP contribution in [0.25, 0.3) is 11.3 Å². The van der Waals surface area contributed by atoms with Gasteiger partial charge in [-0.1, -0.05) is 12.1 Å². The molecule has 0 spiro atoms. The number of carbonyl (C=O) groups is 2. The molecule has 2 aromatic carbocycles. The minimum absolute atomic E-state index is 0.0370. The summed E-state index contributed by atoms with van der Waals surface area (Å²) in [5, 5.41) is 10.7. The predicted molar refractivity (Wildman–Crippen MR) is 104 cm³/mol. The first-order chi connectivity index (χ1) is 14.0. The van der Waals surface area contributed by atoms with E-state index in [1.165, 1.54) is 41.5 Å². The van der Waals surface area contributed by atoms with Crippen molar-refractivity contribution in [2.45, 2.75) is 19.3 Å². The Morgan fingerprint density at radius 3 is 2.52 bits per heavy atom. The molecular formula is C22H17NO6. The quantitative estimate of drug-likeness (QED) is 0.267. The normalized spacial score (nSPS) is 12.4. The van der Waals surface area contributed by atoms with Crippen molar-refractivity contribution in [1.82, 2.24) is 0 Å². The highest BCUT2D eigenvalue weighted by molar-refractivity contribution is 5.99. The predicted octanol–water partition coefficient (Wildman–Crippen LogP) is 4.38. The average molecular weight is 391 g/mol. The monoisotopic (exact) mass is 391 g/mol. The molecule has 29 heavy (non-hydrogen) atoms. The topological polar surface area (TPSA) is 99.7 Å². The van der Waals surface area contributed by atoms with Crippen LogP contribution in [0, 0.1) is 10.1 Å². The number of rotatable bonds is 6. The largest absolute Gasteiger partial charge is 0.451 e. The van der Waals surface area contributed by atoms with Crippen LogP contribution in [0.3, 0.4) is 0 Å². The van der Waals surface area contributed by atoms with Gasteiger partial charge in [0.1, 0.15) is 5.76 Å². The van der Waals surface area contributed by atoms with Gasteiger partial charge in [-0.3, -0.25) is 14.9 Å². The SMILES string of the molecule is O=C(COC(=O)c1ccc(-c2ccc([N+](=O)[O-])cc2)o1)c1ccc2c(c1)CCC2. The van der Waals surface area contributed by atoms with Crippen molar-refractivity contribution in [1.29, 1.82) is 0 Å². The van der Waals surface area contributed by atoms with Crippen LogP contribution >= 0.6 is 0 Å². The van der Waals surface area contributed by atoms with Crippen LogP contribution in [0.4, 0.5) is 5.69 Å². The standard InChI is InChI=1S/C22H17NO6/c24-19(17-5-4-14-2-1-3-16(14)12-17)13-28-22(25)21-11-10-20(29-21)15-6-8-18(9-7-15)23(26)27/h4-12H,1-3,13H2. The summed E-state index contributed by atoms with van der Waals surface area (Å²) in [6.45, 7) is -0.370. The fraction of sp³-hybridized carbons (Fsp3) is 0.182. The molecular weight excluding hydrogens is 374 g/mol. The molecule has 0 amide bonds. The number of nitrogens with zero attached hydrogens (tertiary/aromatic N) is 1. The van der Waals surface area contributed by atoms with E-state index < -0.39 is 10.9 Å². The number of fused-ring (bicyclic) bond motifs is 1. The first-order valence-corrected chi connectivity index (χ1v) is 9.18. The van der Waals surface area contributed by atoms with Crippen molar-refractivity contribution in [3.05, 3.63) is 87.2 Å². The van der Waals surface area contributed by atoms with Crippen LogP contribution in [-0.4, -0.2) is 23.3 Å². The van der Waals surface area contributed by atoms with Crippen LogP contribution < -0.4 is 0 Å². The molecule has 4 rings (SSSR count). The zero-order chi connectivity index (χ0) is 20.4. The van der Waals surface area contributed by atoms with Crippen LogP contribution in [0.15, 0.2) is 59.0 Å². The van der Waals surface area contributed by atoms with Crippen LogP contribution in [0.5, 0.6) is 0 Å². The Balaban J connectivity index is 1.39. The van der Waals surface area contributed by atoms with E-state index in [0.29, 0.717) is 16.9 Å². The van der Waals surface area contributed by atoms with E-state index in [9.17, 15) is 19.7 Å². The molecule has 146 valence electrons. The maximum absolute atomic E-state index is 12.3. The summed E-state index contributed by atoms with van der Waals surface area (Å²) in [6, 6.07) is 14.4. The number of ketones is 1. The van der Waals surface area contributed by atoms with Gasteiger partial charge < -0.3 is 9.15 Å². The molecule has 7 heteroatoms. The summed E-state index contributed by atoms with van der Waals surface area (Å²) in [6.07, 6.45) is 3.10. The second-order valence-corrected chi connectivity index (χ2v) is 6.80. The van der Waals surface area contributed by atoms with Gasteiger partial charge in [-0.05, 0) is 60.7 Å². The Bertz CT molecular complexity index is 1100. The third-order valence-corrected chi connectivity index (χ3v) is 4.92. The van der Waals surface area contributed by atoms with Gasteiger partial charge in [-0.2, -0.15) is 0 Å². The molecule has 7 nitrogen and oxygen atoms in total. The minimum Gasteiger partial charge on any atom is -0.451 e. The number of non-ortho nitro benzene ring substituents is 1. The lowest BCUT2D eigenvalue weighted by atomic mass is 10.0. The Hall–Kier alpha value is -3.74. The molecule has 3 aromatic rings. The summed E-state index contributed by atoms with van der Waals surface area (Å²) in [5.41, 5.74) is 3.53.